The van der Waals surface area contributed by atoms with E-state index >= 15 is 0 Å². The number of nitriles is 2. The van der Waals surface area contributed by atoms with Crippen LogP contribution in [0.3, 0.4) is 0 Å². The fraction of sp³-hybridized carbons (Fsp3) is 0.778. The van der Waals surface area contributed by atoms with Crippen LogP contribution >= 0.6 is 0 Å². The quantitative estimate of drug-likeness (QED) is 0.517. The molecule has 13 heavy (non-hydrogen) atoms. The Bertz CT molecular complexity index is 258. The number of nitrogens with zero attached hydrogens (tertiary/aromatic N) is 2. The van der Waals surface area contributed by atoms with Gasteiger partial charge in [-0.15, -0.1) is 0 Å². The largest absolute Gasteiger partial charge is 0.313 e. The first kappa shape index (κ1) is 12.1. The van der Waals surface area contributed by atoms with Gasteiger partial charge in [-0.3, -0.25) is 0 Å². The van der Waals surface area contributed by atoms with Crippen LogP contribution in [0.1, 0.15) is 20.3 Å². The fourth-order valence-electron chi connectivity index (χ4n) is 1.66. The highest BCUT2D eigenvalue weighted by molar-refractivity contribution is 6.74. The maximum Gasteiger partial charge on any atom is 0.262 e. The Kier molecular flexibility index (Phi) is 3.63. The van der Waals surface area contributed by atoms with Gasteiger partial charge in [0.05, 0.1) is 23.1 Å². The Morgan fingerprint density at radius 1 is 1.46 bits per heavy atom. The van der Waals surface area contributed by atoms with E-state index in [0.717, 1.165) is 0 Å². The fourth-order valence-corrected chi connectivity index (χ4v) is 3.86. The smallest absolute Gasteiger partial charge is 0.262 e. The summed E-state index contributed by atoms with van der Waals surface area (Å²) in [5.74, 6) is -0.533. The number of hydrogen-bond acceptors (Lipinski definition) is 2. The van der Waals surface area contributed by atoms with Crippen LogP contribution in [0, 0.1) is 28.6 Å². The molecule has 0 bridgehead atoms. The summed E-state index contributed by atoms with van der Waals surface area (Å²) < 4.78 is 13.9. The van der Waals surface area contributed by atoms with Crippen LogP contribution < -0.4 is 0 Å². The summed E-state index contributed by atoms with van der Waals surface area (Å²) in [5, 5.41) is 16.7. The van der Waals surface area contributed by atoms with Crippen LogP contribution in [-0.2, 0) is 0 Å². The Hall–Kier alpha value is -0.873. The van der Waals surface area contributed by atoms with Gasteiger partial charge in [-0.2, -0.15) is 10.5 Å². The number of rotatable bonds is 3. The number of halogens is 1. The van der Waals surface area contributed by atoms with Crippen molar-refractivity contribution in [3.8, 4) is 12.1 Å². The third-order valence-corrected chi connectivity index (χ3v) is 5.77. The van der Waals surface area contributed by atoms with Crippen molar-refractivity contribution in [2.24, 2.45) is 5.92 Å². The van der Waals surface area contributed by atoms with Crippen molar-refractivity contribution < 1.29 is 4.11 Å². The topological polar surface area (TPSA) is 47.6 Å². The first-order valence-corrected chi connectivity index (χ1v) is 7.23. The van der Waals surface area contributed by atoms with Crippen LogP contribution in [-0.4, -0.2) is 8.41 Å². The Balaban J connectivity index is 5.22. The summed E-state index contributed by atoms with van der Waals surface area (Å²) in [6, 6.07) is 4.01. The molecule has 0 aliphatic heterocycles. The van der Waals surface area contributed by atoms with E-state index in [9.17, 15) is 4.11 Å². The van der Waals surface area contributed by atoms with Crippen molar-refractivity contribution in [3.63, 3.8) is 0 Å². The summed E-state index contributed by atoms with van der Waals surface area (Å²) in [4.78, 5) is 0. The second-order valence-electron chi connectivity index (χ2n) is 3.76. The lowest BCUT2D eigenvalue weighted by atomic mass is 9.93. The SMILES string of the molecule is CCC(C#N)(C(C)C#N)[Si](C)(C)F. The summed E-state index contributed by atoms with van der Waals surface area (Å²) in [6.07, 6.45) is 0.411. The van der Waals surface area contributed by atoms with Gasteiger partial charge in [0.1, 0.15) is 0 Å². The highest BCUT2D eigenvalue weighted by Gasteiger charge is 2.51. The molecule has 0 aliphatic carbocycles. The van der Waals surface area contributed by atoms with Crippen LogP contribution in [0.5, 0.6) is 0 Å². The Morgan fingerprint density at radius 2 is 1.92 bits per heavy atom. The molecule has 0 heterocycles. The third kappa shape index (κ3) is 1.89. The average molecular weight is 198 g/mol. The molecule has 0 radical (unpaired) electrons. The maximum atomic E-state index is 13.9. The zero-order chi connectivity index (χ0) is 10.7. The van der Waals surface area contributed by atoms with Crippen molar-refractivity contribution in [2.45, 2.75) is 38.4 Å². The van der Waals surface area contributed by atoms with Gasteiger partial charge in [-0.05, 0) is 26.4 Å². The molecule has 2 atom stereocenters. The second kappa shape index (κ2) is 3.89. The summed E-state index contributed by atoms with van der Waals surface area (Å²) in [6.45, 7) is 6.38. The number of hydrogen-bond donors (Lipinski definition) is 0. The van der Waals surface area contributed by atoms with E-state index < -0.39 is 19.4 Å². The molecular formula is C9H15FN2Si. The van der Waals surface area contributed by atoms with E-state index in [1.807, 2.05) is 12.1 Å². The van der Waals surface area contributed by atoms with Gasteiger partial charge in [0.15, 0.2) is 0 Å². The molecule has 0 fully saturated rings. The van der Waals surface area contributed by atoms with Crippen LogP contribution in [0.25, 0.3) is 0 Å². The first-order valence-electron chi connectivity index (χ1n) is 4.35. The standard InChI is InChI=1S/C9H15FN2Si/c1-5-9(7-12,8(2)6-11)13(3,4)10/h8H,5H2,1-4H3. The van der Waals surface area contributed by atoms with Crippen molar-refractivity contribution >= 4 is 8.41 Å². The van der Waals surface area contributed by atoms with Gasteiger partial charge >= 0.3 is 0 Å². The molecule has 0 saturated carbocycles. The molecule has 72 valence electrons. The Morgan fingerprint density at radius 3 is 2.00 bits per heavy atom. The molecule has 0 aliphatic rings. The van der Waals surface area contributed by atoms with Crippen molar-refractivity contribution in [1.29, 1.82) is 10.5 Å². The molecular weight excluding hydrogens is 183 g/mol. The monoisotopic (exact) mass is 198 g/mol. The third-order valence-electron chi connectivity index (χ3n) is 2.75. The lowest BCUT2D eigenvalue weighted by Gasteiger charge is -2.34. The zero-order valence-electron chi connectivity index (χ0n) is 8.56. The van der Waals surface area contributed by atoms with Crippen molar-refractivity contribution in [3.05, 3.63) is 0 Å². The minimum atomic E-state index is -3.10. The zero-order valence-corrected chi connectivity index (χ0v) is 9.56. The van der Waals surface area contributed by atoms with E-state index in [1.54, 1.807) is 13.8 Å². The predicted molar refractivity (Wildman–Crippen MR) is 52.0 cm³/mol. The van der Waals surface area contributed by atoms with Gasteiger partial charge < -0.3 is 4.11 Å². The molecule has 0 amide bonds. The van der Waals surface area contributed by atoms with Gasteiger partial charge in [-0.25, -0.2) is 0 Å². The molecule has 0 aromatic heterocycles. The van der Waals surface area contributed by atoms with E-state index in [0.29, 0.717) is 6.42 Å². The summed E-state index contributed by atoms with van der Waals surface area (Å²) >= 11 is 0. The Labute approximate surface area is 80.2 Å². The van der Waals surface area contributed by atoms with Gasteiger partial charge in [0.2, 0.25) is 0 Å². The summed E-state index contributed by atoms with van der Waals surface area (Å²) in [5.41, 5.74) is 0. The minimum absolute atomic E-state index is 0.411. The van der Waals surface area contributed by atoms with Gasteiger partial charge in [-0.1, -0.05) is 6.92 Å². The van der Waals surface area contributed by atoms with E-state index in [-0.39, 0.29) is 0 Å². The molecule has 0 spiro atoms. The minimum Gasteiger partial charge on any atom is -0.313 e. The van der Waals surface area contributed by atoms with Crippen LogP contribution in [0.2, 0.25) is 18.1 Å². The highest BCUT2D eigenvalue weighted by atomic mass is 28.4. The molecule has 0 aromatic carbocycles. The molecule has 0 aromatic rings. The predicted octanol–water partition coefficient (Wildman–Crippen LogP) is 2.99. The van der Waals surface area contributed by atoms with Crippen LogP contribution in [0.4, 0.5) is 4.11 Å². The van der Waals surface area contributed by atoms with Crippen molar-refractivity contribution in [1.82, 2.24) is 0 Å². The first-order chi connectivity index (χ1) is 5.85. The molecule has 4 heteroatoms. The molecule has 2 nitrogen and oxygen atoms in total. The van der Waals surface area contributed by atoms with Gasteiger partial charge in [0.25, 0.3) is 8.41 Å². The van der Waals surface area contributed by atoms with E-state index in [2.05, 4.69) is 0 Å². The molecule has 0 saturated heterocycles. The lowest BCUT2D eigenvalue weighted by Crippen LogP contribution is -2.41. The highest BCUT2D eigenvalue weighted by Crippen LogP contribution is 2.48. The van der Waals surface area contributed by atoms with Gasteiger partial charge in [0, 0.05) is 0 Å². The summed E-state index contributed by atoms with van der Waals surface area (Å²) in [7, 11) is -3.10. The van der Waals surface area contributed by atoms with Crippen LogP contribution in [0.15, 0.2) is 0 Å². The van der Waals surface area contributed by atoms with E-state index in [1.165, 1.54) is 13.1 Å². The second-order valence-corrected chi connectivity index (χ2v) is 7.60. The maximum absolute atomic E-state index is 13.9. The normalized spacial score (nSPS) is 18.1. The average Bonchev–Trinajstić information content (AvgIpc) is 2.04. The molecule has 0 rings (SSSR count). The van der Waals surface area contributed by atoms with Crippen molar-refractivity contribution in [2.75, 3.05) is 0 Å². The molecule has 2 unspecified atom stereocenters. The van der Waals surface area contributed by atoms with E-state index in [4.69, 9.17) is 10.5 Å². The lowest BCUT2D eigenvalue weighted by molar-refractivity contribution is 0.482. The molecule has 0 N–H and O–H groups in total.